The molecule has 2 amide bonds. The SMILES string of the molecule is COc1ccc(C(=O)N(CCN2CCOCC2)CC(=O)N2N=C(c3cccs3)CC2c2ccc(OC)cc2)cc1. The van der Waals surface area contributed by atoms with Gasteiger partial charge in [-0.1, -0.05) is 18.2 Å². The molecule has 5 rings (SSSR count). The van der Waals surface area contributed by atoms with Crippen molar-refractivity contribution < 1.29 is 23.8 Å². The maximum absolute atomic E-state index is 13.9. The first-order chi connectivity index (χ1) is 19.6. The summed E-state index contributed by atoms with van der Waals surface area (Å²) in [6.45, 7) is 3.94. The van der Waals surface area contributed by atoms with Crippen LogP contribution < -0.4 is 9.47 Å². The third-order valence-electron chi connectivity index (χ3n) is 7.21. The smallest absolute Gasteiger partial charge is 0.262 e. The van der Waals surface area contributed by atoms with Crippen molar-refractivity contribution >= 4 is 28.9 Å². The number of carbonyl (C=O) groups is 2. The Balaban J connectivity index is 1.39. The lowest BCUT2D eigenvalue weighted by molar-refractivity contribution is -0.133. The molecule has 1 aromatic heterocycles. The number of carbonyl (C=O) groups excluding carboxylic acids is 2. The van der Waals surface area contributed by atoms with Crippen LogP contribution in [0.4, 0.5) is 0 Å². The fourth-order valence-corrected chi connectivity index (χ4v) is 5.63. The van der Waals surface area contributed by atoms with Crippen molar-refractivity contribution in [3.8, 4) is 11.5 Å². The first kappa shape index (κ1) is 27.8. The van der Waals surface area contributed by atoms with Gasteiger partial charge in [-0.2, -0.15) is 5.10 Å². The summed E-state index contributed by atoms with van der Waals surface area (Å²) in [5, 5.41) is 8.35. The lowest BCUT2D eigenvalue weighted by Gasteiger charge is -2.31. The van der Waals surface area contributed by atoms with E-state index in [2.05, 4.69) is 4.90 Å². The van der Waals surface area contributed by atoms with Crippen LogP contribution in [0, 0.1) is 0 Å². The van der Waals surface area contributed by atoms with Gasteiger partial charge in [0.1, 0.15) is 18.0 Å². The lowest BCUT2D eigenvalue weighted by Crippen LogP contribution is -2.46. The molecule has 40 heavy (non-hydrogen) atoms. The maximum atomic E-state index is 13.9. The van der Waals surface area contributed by atoms with Gasteiger partial charge in [0.15, 0.2) is 0 Å². The number of methoxy groups -OCH3 is 2. The molecule has 0 aliphatic carbocycles. The summed E-state index contributed by atoms with van der Waals surface area (Å²) in [5.74, 6) is 0.990. The minimum Gasteiger partial charge on any atom is -0.497 e. The summed E-state index contributed by atoms with van der Waals surface area (Å²) < 4.78 is 16.0. The van der Waals surface area contributed by atoms with Crippen molar-refractivity contribution in [2.45, 2.75) is 12.5 Å². The van der Waals surface area contributed by atoms with E-state index >= 15 is 0 Å². The van der Waals surface area contributed by atoms with E-state index in [4.69, 9.17) is 19.3 Å². The molecule has 1 saturated heterocycles. The van der Waals surface area contributed by atoms with E-state index in [0.717, 1.165) is 35.0 Å². The Labute approximate surface area is 238 Å². The van der Waals surface area contributed by atoms with Crippen LogP contribution in [-0.4, -0.2) is 92.5 Å². The van der Waals surface area contributed by atoms with Crippen molar-refractivity contribution in [1.82, 2.24) is 14.8 Å². The standard InChI is InChI=1S/C30H34N4O5S/c1-37-24-9-5-22(6-10-24)27-20-26(28-4-3-19-40-28)31-34(27)29(35)21-33(14-13-32-15-17-39-18-16-32)30(36)23-7-11-25(38-2)12-8-23/h3-12,19,27H,13-18,20-21H2,1-2H3. The molecule has 0 bridgehead atoms. The van der Waals surface area contributed by atoms with Gasteiger partial charge in [0, 0.05) is 38.2 Å². The zero-order valence-corrected chi connectivity index (χ0v) is 23.6. The summed E-state index contributed by atoms with van der Waals surface area (Å²) in [5.41, 5.74) is 2.34. The number of amides is 2. The second kappa shape index (κ2) is 13.1. The van der Waals surface area contributed by atoms with Crippen molar-refractivity contribution in [3.63, 3.8) is 0 Å². The second-order valence-electron chi connectivity index (χ2n) is 9.66. The number of hydrogen-bond donors (Lipinski definition) is 0. The van der Waals surface area contributed by atoms with Crippen LogP contribution in [0.2, 0.25) is 0 Å². The Hall–Kier alpha value is -3.73. The molecule has 0 N–H and O–H groups in total. The monoisotopic (exact) mass is 562 g/mol. The summed E-state index contributed by atoms with van der Waals surface area (Å²) >= 11 is 1.60. The molecule has 9 nitrogen and oxygen atoms in total. The zero-order chi connectivity index (χ0) is 27.9. The number of hydrogen-bond acceptors (Lipinski definition) is 8. The molecule has 210 valence electrons. The molecule has 3 heterocycles. The zero-order valence-electron chi connectivity index (χ0n) is 22.8. The summed E-state index contributed by atoms with van der Waals surface area (Å²) in [6, 6.07) is 18.4. The lowest BCUT2D eigenvalue weighted by atomic mass is 10.0. The van der Waals surface area contributed by atoms with Gasteiger partial charge in [0.2, 0.25) is 0 Å². The number of hydrazone groups is 1. The molecule has 2 aromatic carbocycles. The van der Waals surface area contributed by atoms with Gasteiger partial charge in [0.25, 0.3) is 11.8 Å². The molecule has 3 aromatic rings. The quantitative estimate of drug-likeness (QED) is 0.373. The van der Waals surface area contributed by atoms with Crippen LogP contribution in [0.5, 0.6) is 11.5 Å². The minimum absolute atomic E-state index is 0.0803. The number of thiophene rings is 1. The Morgan fingerprint density at radius 3 is 2.30 bits per heavy atom. The normalized spacial score (nSPS) is 17.4. The number of nitrogens with zero attached hydrogens (tertiary/aromatic N) is 4. The molecule has 1 atom stereocenters. The third kappa shape index (κ3) is 6.52. The van der Waals surface area contributed by atoms with Crippen molar-refractivity contribution in [1.29, 1.82) is 0 Å². The predicted molar refractivity (Wildman–Crippen MR) is 154 cm³/mol. The number of ether oxygens (including phenoxy) is 3. The fourth-order valence-electron chi connectivity index (χ4n) is 4.91. The van der Waals surface area contributed by atoms with Crippen molar-refractivity contribution in [2.75, 3.05) is 60.2 Å². The van der Waals surface area contributed by atoms with Crippen LogP contribution in [0.3, 0.4) is 0 Å². The molecule has 1 unspecified atom stereocenters. The molecule has 0 radical (unpaired) electrons. The van der Waals surface area contributed by atoms with E-state index in [0.29, 0.717) is 44.0 Å². The third-order valence-corrected chi connectivity index (χ3v) is 8.13. The molecule has 0 spiro atoms. The number of rotatable bonds is 10. The van der Waals surface area contributed by atoms with Gasteiger partial charge in [-0.25, -0.2) is 5.01 Å². The highest BCUT2D eigenvalue weighted by Crippen LogP contribution is 2.34. The Kier molecular flexibility index (Phi) is 9.10. The highest BCUT2D eigenvalue weighted by Gasteiger charge is 2.35. The van der Waals surface area contributed by atoms with Crippen LogP contribution in [0.25, 0.3) is 0 Å². The van der Waals surface area contributed by atoms with Crippen LogP contribution in [0.15, 0.2) is 71.1 Å². The summed E-state index contributed by atoms with van der Waals surface area (Å²) in [4.78, 5) is 32.5. The number of benzene rings is 2. The van der Waals surface area contributed by atoms with Gasteiger partial charge in [-0.3, -0.25) is 14.5 Å². The maximum Gasteiger partial charge on any atom is 0.262 e. The predicted octanol–water partition coefficient (Wildman–Crippen LogP) is 3.92. The van der Waals surface area contributed by atoms with Crippen LogP contribution in [0.1, 0.15) is 33.3 Å². The Morgan fingerprint density at radius 1 is 1.00 bits per heavy atom. The molecule has 2 aliphatic heterocycles. The van der Waals surface area contributed by atoms with Crippen LogP contribution >= 0.6 is 11.3 Å². The molecule has 2 aliphatic rings. The van der Waals surface area contributed by atoms with Gasteiger partial charge in [-0.05, 0) is 53.4 Å². The van der Waals surface area contributed by atoms with E-state index in [1.807, 2.05) is 41.8 Å². The molecule has 10 heteroatoms. The molecular formula is C30H34N4O5S. The molecule has 0 saturated carbocycles. The van der Waals surface area contributed by atoms with Gasteiger partial charge < -0.3 is 19.1 Å². The highest BCUT2D eigenvalue weighted by molar-refractivity contribution is 7.12. The first-order valence-electron chi connectivity index (χ1n) is 13.4. The van der Waals surface area contributed by atoms with Crippen molar-refractivity contribution in [3.05, 3.63) is 82.0 Å². The highest BCUT2D eigenvalue weighted by atomic mass is 32.1. The van der Waals surface area contributed by atoms with Gasteiger partial charge >= 0.3 is 0 Å². The van der Waals surface area contributed by atoms with Gasteiger partial charge in [0.05, 0.1) is 44.1 Å². The van der Waals surface area contributed by atoms with Gasteiger partial charge in [-0.15, -0.1) is 11.3 Å². The average Bonchev–Trinajstić information content (AvgIpc) is 3.70. The number of morpholine rings is 1. The van der Waals surface area contributed by atoms with E-state index in [9.17, 15) is 9.59 Å². The Bertz CT molecular complexity index is 1300. The second-order valence-corrected chi connectivity index (χ2v) is 10.6. The van der Waals surface area contributed by atoms with Crippen LogP contribution in [-0.2, 0) is 9.53 Å². The largest absolute Gasteiger partial charge is 0.497 e. The minimum atomic E-state index is -0.271. The average molecular weight is 563 g/mol. The van der Waals surface area contributed by atoms with E-state index < -0.39 is 0 Å². The first-order valence-corrected chi connectivity index (χ1v) is 14.2. The molecular weight excluding hydrogens is 528 g/mol. The Morgan fingerprint density at radius 2 is 1.68 bits per heavy atom. The van der Waals surface area contributed by atoms with Crippen molar-refractivity contribution in [2.24, 2.45) is 5.10 Å². The summed E-state index contributed by atoms with van der Waals surface area (Å²) in [7, 11) is 3.22. The van der Waals surface area contributed by atoms with E-state index in [-0.39, 0.29) is 24.4 Å². The van der Waals surface area contributed by atoms with E-state index in [1.165, 1.54) is 0 Å². The fraction of sp³-hybridized carbons (Fsp3) is 0.367. The molecule has 1 fully saturated rings. The van der Waals surface area contributed by atoms with E-state index in [1.54, 1.807) is 59.7 Å². The summed E-state index contributed by atoms with van der Waals surface area (Å²) in [6.07, 6.45) is 0.596. The topological polar surface area (TPSA) is 83.9 Å².